The Morgan fingerprint density at radius 1 is 0.812 bits per heavy atom. The summed E-state index contributed by atoms with van der Waals surface area (Å²) in [5.74, 6) is 1.49. The molecule has 2 atom stereocenters. The molecule has 0 bridgehead atoms. The van der Waals surface area contributed by atoms with Gasteiger partial charge in [0, 0.05) is 26.4 Å². The molecule has 0 saturated heterocycles. The number of hydrogen-bond donors (Lipinski definition) is 0. The Bertz CT molecular complexity index is 141. The van der Waals surface area contributed by atoms with E-state index >= 15 is 0 Å². The quantitative estimate of drug-likeness (QED) is 0.590. The molecule has 96 valence electrons. The second-order valence-electron chi connectivity index (χ2n) is 4.95. The smallest absolute Gasteiger partial charge is 0.0497 e. The molecule has 2 heteroatoms. The molecule has 0 radical (unpaired) electrons. The van der Waals surface area contributed by atoms with Crippen LogP contribution in [-0.2, 0) is 9.47 Å². The third-order valence-corrected chi connectivity index (χ3v) is 3.43. The van der Waals surface area contributed by atoms with Gasteiger partial charge in [0.05, 0.1) is 0 Å². The van der Waals surface area contributed by atoms with Gasteiger partial charge in [0.2, 0.25) is 0 Å². The van der Waals surface area contributed by atoms with Crippen molar-refractivity contribution >= 4 is 0 Å². The van der Waals surface area contributed by atoms with Gasteiger partial charge in [0.25, 0.3) is 0 Å². The average molecular weight is 228 g/mol. The normalized spacial score (nSPS) is 25.9. The Morgan fingerprint density at radius 2 is 1.25 bits per heavy atom. The first-order valence-corrected chi connectivity index (χ1v) is 7.04. The van der Waals surface area contributed by atoms with Gasteiger partial charge in [0.1, 0.15) is 0 Å². The first-order chi connectivity index (χ1) is 7.88. The highest BCUT2D eigenvalue weighted by Gasteiger charge is 2.25. The van der Waals surface area contributed by atoms with E-state index in [2.05, 4.69) is 13.8 Å². The maximum atomic E-state index is 5.70. The highest BCUT2D eigenvalue weighted by atomic mass is 16.5. The van der Waals surface area contributed by atoms with Crippen LogP contribution < -0.4 is 0 Å². The van der Waals surface area contributed by atoms with E-state index in [-0.39, 0.29) is 0 Å². The van der Waals surface area contributed by atoms with Crippen molar-refractivity contribution in [1.29, 1.82) is 0 Å². The molecule has 1 aliphatic rings. The average Bonchev–Trinajstić information content (AvgIpc) is 2.32. The highest BCUT2D eigenvalue weighted by molar-refractivity contribution is 4.75. The van der Waals surface area contributed by atoms with Gasteiger partial charge in [-0.2, -0.15) is 0 Å². The van der Waals surface area contributed by atoms with E-state index in [9.17, 15) is 0 Å². The molecule has 1 saturated carbocycles. The van der Waals surface area contributed by atoms with Crippen molar-refractivity contribution in [2.75, 3.05) is 26.4 Å². The zero-order chi connectivity index (χ0) is 11.6. The molecule has 16 heavy (non-hydrogen) atoms. The first kappa shape index (κ1) is 14.0. The van der Waals surface area contributed by atoms with Crippen molar-refractivity contribution < 1.29 is 9.47 Å². The van der Waals surface area contributed by atoms with Crippen molar-refractivity contribution in [2.45, 2.75) is 52.4 Å². The number of ether oxygens (including phenoxy) is 2. The summed E-state index contributed by atoms with van der Waals surface area (Å²) in [7, 11) is 0. The van der Waals surface area contributed by atoms with Crippen LogP contribution in [0.1, 0.15) is 52.4 Å². The van der Waals surface area contributed by atoms with Crippen LogP contribution in [0.3, 0.4) is 0 Å². The molecule has 2 nitrogen and oxygen atoms in total. The van der Waals surface area contributed by atoms with Gasteiger partial charge in [-0.25, -0.2) is 0 Å². The summed E-state index contributed by atoms with van der Waals surface area (Å²) in [6.07, 6.45) is 7.69. The van der Waals surface area contributed by atoms with Crippen molar-refractivity contribution in [3.8, 4) is 0 Å². The third-order valence-electron chi connectivity index (χ3n) is 3.43. The molecule has 0 spiro atoms. The summed E-state index contributed by atoms with van der Waals surface area (Å²) in [6.45, 7) is 8.07. The fourth-order valence-corrected chi connectivity index (χ4v) is 2.48. The Labute approximate surface area is 101 Å². The highest BCUT2D eigenvalue weighted by Crippen LogP contribution is 2.30. The molecule has 1 fully saturated rings. The second-order valence-corrected chi connectivity index (χ2v) is 4.95. The van der Waals surface area contributed by atoms with Crippen molar-refractivity contribution in [3.63, 3.8) is 0 Å². The molecule has 0 heterocycles. The molecule has 0 aromatic carbocycles. The van der Waals surface area contributed by atoms with E-state index in [0.29, 0.717) is 0 Å². The van der Waals surface area contributed by atoms with Crippen LogP contribution in [0.25, 0.3) is 0 Å². The van der Waals surface area contributed by atoms with Crippen molar-refractivity contribution in [3.05, 3.63) is 0 Å². The van der Waals surface area contributed by atoms with Crippen LogP contribution in [0.5, 0.6) is 0 Å². The second kappa shape index (κ2) is 9.00. The SMILES string of the molecule is CCCOC[C@H]1CCCC[C@H]1COCCC. The Morgan fingerprint density at radius 3 is 1.62 bits per heavy atom. The number of rotatable bonds is 8. The van der Waals surface area contributed by atoms with Crippen LogP contribution >= 0.6 is 0 Å². The zero-order valence-electron chi connectivity index (χ0n) is 11.0. The Kier molecular flexibility index (Phi) is 7.87. The standard InChI is InChI=1S/C14H28O2/c1-3-9-15-11-13-7-5-6-8-14(13)12-16-10-4-2/h13-14H,3-12H2,1-2H3/t13-,14+. The summed E-state index contributed by atoms with van der Waals surface area (Å²) in [5, 5.41) is 0. The fourth-order valence-electron chi connectivity index (χ4n) is 2.48. The van der Waals surface area contributed by atoms with Crippen molar-refractivity contribution in [1.82, 2.24) is 0 Å². The minimum Gasteiger partial charge on any atom is -0.381 e. The summed E-state index contributed by atoms with van der Waals surface area (Å²) in [5.41, 5.74) is 0. The minimum atomic E-state index is 0.747. The summed E-state index contributed by atoms with van der Waals surface area (Å²) in [4.78, 5) is 0. The third kappa shape index (κ3) is 5.31. The van der Waals surface area contributed by atoms with E-state index in [1.165, 1.54) is 25.7 Å². The van der Waals surface area contributed by atoms with Crippen LogP contribution in [0.15, 0.2) is 0 Å². The van der Waals surface area contributed by atoms with E-state index in [1.807, 2.05) is 0 Å². The molecule has 0 N–H and O–H groups in total. The van der Waals surface area contributed by atoms with Crippen LogP contribution in [0.4, 0.5) is 0 Å². The fraction of sp³-hybridized carbons (Fsp3) is 1.00. The zero-order valence-corrected chi connectivity index (χ0v) is 11.0. The molecule has 0 amide bonds. The van der Waals surface area contributed by atoms with Gasteiger partial charge in [-0.15, -0.1) is 0 Å². The van der Waals surface area contributed by atoms with E-state index in [1.54, 1.807) is 0 Å². The molecular formula is C14H28O2. The van der Waals surface area contributed by atoms with Crippen LogP contribution in [0.2, 0.25) is 0 Å². The molecule has 0 aliphatic heterocycles. The Balaban J connectivity index is 2.20. The van der Waals surface area contributed by atoms with Gasteiger partial charge in [-0.1, -0.05) is 26.7 Å². The summed E-state index contributed by atoms with van der Waals surface area (Å²) in [6, 6.07) is 0. The first-order valence-electron chi connectivity index (χ1n) is 7.04. The largest absolute Gasteiger partial charge is 0.381 e. The predicted octanol–water partition coefficient (Wildman–Crippen LogP) is 3.65. The van der Waals surface area contributed by atoms with Gasteiger partial charge >= 0.3 is 0 Å². The lowest BCUT2D eigenvalue weighted by Crippen LogP contribution is -2.28. The van der Waals surface area contributed by atoms with Gasteiger partial charge in [-0.3, -0.25) is 0 Å². The lowest BCUT2D eigenvalue weighted by atomic mass is 9.80. The van der Waals surface area contributed by atoms with E-state index < -0.39 is 0 Å². The molecular weight excluding hydrogens is 200 g/mol. The summed E-state index contributed by atoms with van der Waals surface area (Å²) >= 11 is 0. The predicted molar refractivity (Wildman–Crippen MR) is 67.7 cm³/mol. The van der Waals surface area contributed by atoms with E-state index in [4.69, 9.17) is 9.47 Å². The molecule has 1 rings (SSSR count). The minimum absolute atomic E-state index is 0.747. The Hall–Kier alpha value is -0.0800. The lowest BCUT2D eigenvalue weighted by molar-refractivity contribution is 0.0144. The van der Waals surface area contributed by atoms with Crippen LogP contribution in [0, 0.1) is 11.8 Å². The van der Waals surface area contributed by atoms with Gasteiger partial charge in [0.15, 0.2) is 0 Å². The maximum Gasteiger partial charge on any atom is 0.0497 e. The van der Waals surface area contributed by atoms with Crippen LogP contribution in [-0.4, -0.2) is 26.4 Å². The van der Waals surface area contributed by atoms with Crippen molar-refractivity contribution in [2.24, 2.45) is 11.8 Å². The molecule has 0 aromatic heterocycles. The molecule has 1 aliphatic carbocycles. The lowest BCUT2D eigenvalue weighted by Gasteiger charge is -2.31. The van der Waals surface area contributed by atoms with Gasteiger partial charge < -0.3 is 9.47 Å². The monoisotopic (exact) mass is 228 g/mol. The topological polar surface area (TPSA) is 18.5 Å². The molecule has 0 unspecified atom stereocenters. The van der Waals surface area contributed by atoms with Gasteiger partial charge in [-0.05, 0) is 37.5 Å². The molecule has 0 aromatic rings. The summed E-state index contributed by atoms with van der Waals surface area (Å²) < 4.78 is 11.4. The number of hydrogen-bond acceptors (Lipinski definition) is 2. The maximum absolute atomic E-state index is 5.70. The van der Waals surface area contributed by atoms with E-state index in [0.717, 1.165) is 51.1 Å².